The number of methoxy groups -OCH3 is 2. The van der Waals surface area contributed by atoms with Crippen LogP contribution in [0.5, 0.6) is 0 Å². The number of aromatic nitrogens is 4. The molecular weight excluding hydrogens is 737 g/mol. The van der Waals surface area contributed by atoms with Crippen LogP contribution >= 0.6 is 0 Å². The molecule has 58 heavy (non-hydrogen) atoms. The number of H-pyrrole nitrogens is 2. The maximum absolute atomic E-state index is 14.0. The fourth-order valence-corrected chi connectivity index (χ4v) is 7.92. The van der Waals surface area contributed by atoms with Crippen LogP contribution in [0.25, 0.3) is 33.6 Å². The topological polar surface area (TPSA) is 175 Å². The molecular formula is C44H50N8O6. The van der Waals surface area contributed by atoms with Gasteiger partial charge in [-0.2, -0.15) is 0 Å². The smallest absolute Gasteiger partial charge is 0.407 e. The average Bonchev–Trinajstić information content (AvgIpc) is 4.07. The third-order valence-corrected chi connectivity index (χ3v) is 11.1. The first kappa shape index (κ1) is 39.8. The predicted octanol–water partition coefficient (Wildman–Crippen LogP) is 6.99. The molecule has 14 heteroatoms. The van der Waals surface area contributed by atoms with Crippen molar-refractivity contribution in [2.45, 2.75) is 71.2 Å². The van der Waals surface area contributed by atoms with Gasteiger partial charge in [0.15, 0.2) is 0 Å². The van der Waals surface area contributed by atoms with Crippen molar-refractivity contribution in [3.05, 3.63) is 108 Å². The van der Waals surface area contributed by atoms with Crippen molar-refractivity contribution in [3.63, 3.8) is 0 Å². The highest BCUT2D eigenvalue weighted by atomic mass is 16.5. The third-order valence-electron chi connectivity index (χ3n) is 11.1. The van der Waals surface area contributed by atoms with E-state index in [2.05, 4.69) is 49.9 Å². The van der Waals surface area contributed by atoms with Gasteiger partial charge >= 0.3 is 12.2 Å². The van der Waals surface area contributed by atoms with Crippen LogP contribution in [0, 0.1) is 11.8 Å². The molecule has 2 unspecified atom stereocenters. The number of hydrogen-bond donors (Lipinski definition) is 4. The normalized spacial score (nSPS) is 17.2. The minimum absolute atomic E-state index is 0.110. The minimum Gasteiger partial charge on any atom is -0.453 e. The van der Waals surface area contributed by atoms with Gasteiger partial charge in [0.1, 0.15) is 29.8 Å². The molecule has 0 aliphatic carbocycles. The maximum atomic E-state index is 14.0. The van der Waals surface area contributed by atoms with E-state index in [-0.39, 0.29) is 29.7 Å². The quantitative estimate of drug-likeness (QED) is 0.111. The zero-order valence-electron chi connectivity index (χ0n) is 33.6. The Morgan fingerprint density at radius 1 is 0.672 bits per heavy atom. The molecule has 1 saturated heterocycles. The van der Waals surface area contributed by atoms with E-state index in [0.717, 1.165) is 63.4 Å². The highest BCUT2D eigenvalue weighted by Gasteiger charge is 2.41. The fraction of sp³-hybridized carbons (Fsp3) is 0.364. The second-order valence-electron chi connectivity index (χ2n) is 15.5. The molecule has 0 spiro atoms. The molecule has 4 amide bonds. The molecule has 4 atom stereocenters. The summed E-state index contributed by atoms with van der Waals surface area (Å²) in [4.78, 5) is 71.6. The summed E-state index contributed by atoms with van der Waals surface area (Å²) < 4.78 is 9.57. The molecule has 0 radical (unpaired) electrons. The van der Waals surface area contributed by atoms with Crippen molar-refractivity contribution >= 4 is 24.0 Å². The van der Waals surface area contributed by atoms with Gasteiger partial charge in [-0.25, -0.2) is 19.6 Å². The van der Waals surface area contributed by atoms with Gasteiger partial charge in [-0.05, 0) is 58.1 Å². The summed E-state index contributed by atoms with van der Waals surface area (Å²) in [5, 5.41) is 5.41. The number of benzene rings is 3. The molecule has 302 valence electrons. The van der Waals surface area contributed by atoms with Crippen LogP contribution in [0.1, 0.15) is 75.4 Å². The Bertz CT molecular complexity index is 2260. The number of aromatic amines is 2. The zero-order valence-corrected chi connectivity index (χ0v) is 33.6. The molecule has 1 fully saturated rings. The number of ether oxygens (including phenoxy) is 2. The number of imidazole rings is 2. The van der Waals surface area contributed by atoms with Gasteiger partial charge < -0.3 is 39.9 Å². The van der Waals surface area contributed by atoms with Gasteiger partial charge in [0.05, 0.1) is 44.0 Å². The molecule has 3 aromatic carbocycles. The molecule has 0 saturated carbocycles. The summed E-state index contributed by atoms with van der Waals surface area (Å²) in [7, 11) is 2.57. The van der Waals surface area contributed by atoms with Crippen LogP contribution in [-0.4, -0.2) is 86.6 Å². The van der Waals surface area contributed by atoms with E-state index in [0.29, 0.717) is 18.9 Å². The van der Waals surface area contributed by atoms with Crippen molar-refractivity contribution < 1.29 is 28.7 Å². The zero-order chi connectivity index (χ0) is 41.1. The largest absolute Gasteiger partial charge is 0.453 e. The molecule has 2 aliphatic rings. The van der Waals surface area contributed by atoms with Crippen LogP contribution in [0.15, 0.2) is 85.2 Å². The molecule has 2 aliphatic heterocycles. The van der Waals surface area contributed by atoms with E-state index in [1.54, 1.807) is 22.2 Å². The minimum atomic E-state index is -0.765. The molecule has 5 aromatic rings. The lowest BCUT2D eigenvalue weighted by atomic mass is 10.0. The summed E-state index contributed by atoms with van der Waals surface area (Å²) in [6.45, 7) is 8.57. The van der Waals surface area contributed by atoms with Crippen LogP contribution in [0.2, 0.25) is 0 Å². The second kappa shape index (κ2) is 17.0. The Morgan fingerprint density at radius 3 is 1.69 bits per heavy atom. The number of nitrogens with zero attached hydrogens (tertiary/aromatic N) is 4. The van der Waals surface area contributed by atoms with Crippen LogP contribution in [-0.2, 0) is 25.6 Å². The highest BCUT2D eigenvalue weighted by molar-refractivity contribution is 5.88. The first-order valence-corrected chi connectivity index (χ1v) is 19.7. The molecule has 14 nitrogen and oxygen atoms in total. The van der Waals surface area contributed by atoms with Gasteiger partial charge in [-0.15, -0.1) is 0 Å². The van der Waals surface area contributed by atoms with E-state index in [4.69, 9.17) is 14.5 Å². The summed E-state index contributed by atoms with van der Waals surface area (Å²) in [6.07, 6.45) is 3.93. The first-order valence-electron chi connectivity index (χ1n) is 19.7. The van der Waals surface area contributed by atoms with Crippen LogP contribution < -0.4 is 10.6 Å². The Hall–Kier alpha value is -6.44. The van der Waals surface area contributed by atoms with Gasteiger partial charge in [0.25, 0.3) is 0 Å². The fourth-order valence-electron chi connectivity index (χ4n) is 7.92. The number of nitrogens with one attached hydrogen (secondary N) is 4. The average molecular weight is 787 g/mol. The Morgan fingerprint density at radius 2 is 1.16 bits per heavy atom. The lowest BCUT2D eigenvalue weighted by molar-refractivity contribution is -0.136. The Balaban J connectivity index is 1.05. The molecule has 0 bridgehead atoms. The lowest BCUT2D eigenvalue weighted by Crippen LogP contribution is -2.51. The number of carbonyl (C=O) groups excluding carboxylic acids is 4. The number of fused-ring (bicyclic) bond motifs is 1. The Labute approximate surface area is 337 Å². The van der Waals surface area contributed by atoms with Crippen molar-refractivity contribution in [1.82, 2.24) is 40.4 Å². The molecule has 2 aromatic heterocycles. The maximum Gasteiger partial charge on any atom is 0.407 e. The predicted molar refractivity (Wildman–Crippen MR) is 218 cm³/mol. The standard InChI is InChI=1S/C44H50N8O6/c1-25(2)36(49-43(55)57-5)41(53)51-21-9-12-35(51)39-45-22-33(47-39)29-17-13-27(14-18-29)28-15-19-30(20-16-28)34-23-46-40(48-34)38-32-11-8-7-10-31(32)24-52(38)42(54)37(26(3)4)50-44(56)58-6/h7-8,10-11,13-20,22-23,25-26,35-38H,9,12,21,24H2,1-6H3,(H,45,47)(H,46,48)(H,49,55)(H,50,56)/t35-,36?,37-,38?/m0/s1. The van der Waals surface area contributed by atoms with E-state index in [9.17, 15) is 19.2 Å². The third kappa shape index (κ3) is 8.04. The van der Waals surface area contributed by atoms with E-state index < -0.39 is 30.3 Å². The highest BCUT2D eigenvalue weighted by Crippen LogP contribution is 2.39. The van der Waals surface area contributed by atoms with Crippen molar-refractivity contribution in [2.24, 2.45) is 11.8 Å². The molecule has 4 heterocycles. The summed E-state index contributed by atoms with van der Waals surface area (Å²) >= 11 is 0. The lowest BCUT2D eigenvalue weighted by Gasteiger charge is -2.30. The van der Waals surface area contributed by atoms with Gasteiger partial charge in [0.2, 0.25) is 11.8 Å². The second-order valence-corrected chi connectivity index (χ2v) is 15.5. The van der Waals surface area contributed by atoms with Crippen LogP contribution in [0.3, 0.4) is 0 Å². The van der Waals surface area contributed by atoms with E-state index in [1.807, 2.05) is 76.2 Å². The van der Waals surface area contributed by atoms with Gasteiger partial charge in [-0.3, -0.25) is 9.59 Å². The molecule has 7 rings (SSSR count). The van der Waals surface area contributed by atoms with Crippen LogP contribution in [0.4, 0.5) is 9.59 Å². The first-order chi connectivity index (χ1) is 28.0. The van der Waals surface area contributed by atoms with E-state index >= 15 is 0 Å². The number of hydrogen-bond acceptors (Lipinski definition) is 8. The van der Waals surface area contributed by atoms with Gasteiger partial charge in [-0.1, -0.05) is 100 Å². The van der Waals surface area contributed by atoms with Gasteiger partial charge in [0, 0.05) is 13.1 Å². The summed E-state index contributed by atoms with van der Waals surface area (Å²) in [5.41, 5.74) is 7.69. The van der Waals surface area contributed by atoms with Crippen molar-refractivity contribution in [2.75, 3.05) is 20.8 Å². The SMILES string of the molecule is COC(=O)NC(C(=O)N1CCC[C@H]1c1ncc(-c2ccc(-c3ccc(-c4cnc(C5c6ccccc6CN5C(=O)[C@@H](NC(=O)OC)C(C)C)[nH]4)cc3)cc2)[nH]1)C(C)C. The molecule has 4 N–H and O–H groups in total. The summed E-state index contributed by atoms with van der Waals surface area (Å²) in [6, 6.07) is 22.3. The number of amides is 4. The number of alkyl carbamates (subject to hydrolysis) is 2. The number of carbonyl (C=O) groups is 4. The van der Waals surface area contributed by atoms with Crippen molar-refractivity contribution in [3.8, 4) is 33.6 Å². The van der Waals surface area contributed by atoms with Crippen molar-refractivity contribution in [1.29, 1.82) is 0 Å². The summed E-state index contributed by atoms with van der Waals surface area (Å²) in [5.74, 6) is 0.731. The number of rotatable bonds is 11. The Kier molecular flexibility index (Phi) is 11.6. The van der Waals surface area contributed by atoms with E-state index in [1.165, 1.54) is 14.2 Å². The monoisotopic (exact) mass is 786 g/mol. The number of likely N-dealkylation sites (tertiary alicyclic amines) is 1.